The number of carbonyl (C=O) groups excluding carboxylic acids is 2. The van der Waals surface area contributed by atoms with Crippen molar-refractivity contribution in [1.82, 2.24) is 10.2 Å². The van der Waals surface area contributed by atoms with E-state index in [1.807, 2.05) is 0 Å². The Hall–Kier alpha value is -1.32. The summed E-state index contributed by atoms with van der Waals surface area (Å²) in [5.41, 5.74) is 1.76. The maximum absolute atomic E-state index is 12.3. The van der Waals surface area contributed by atoms with E-state index in [2.05, 4.69) is 5.32 Å². The van der Waals surface area contributed by atoms with Crippen LogP contribution in [0.4, 0.5) is 0 Å². The third kappa shape index (κ3) is 1.36. The number of amides is 2. The van der Waals surface area contributed by atoms with Gasteiger partial charge in [-0.2, -0.15) is 0 Å². The van der Waals surface area contributed by atoms with Gasteiger partial charge in [-0.25, -0.2) is 0 Å². The molecule has 0 aromatic carbocycles. The first-order chi connectivity index (χ1) is 7.77. The molecule has 2 aliphatic heterocycles. The Balaban J connectivity index is 2.00. The molecule has 2 amide bonds. The van der Waals surface area contributed by atoms with Gasteiger partial charge in [0.1, 0.15) is 6.04 Å². The van der Waals surface area contributed by atoms with Crippen molar-refractivity contribution in [2.75, 3.05) is 6.54 Å². The molecular weight excluding hydrogens is 204 g/mol. The van der Waals surface area contributed by atoms with E-state index in [0.717, 1.165) is 56.3 Å². The second kappa shape index (κ2) is 3.61. The number of rotatable bonds is 0. The van der Waals surface area contributed by atoms with Crippen LogP contribution < -0.4 is 5.32 Å². The number of hydrogen-bond donors (Lipinski definition) is 1. The fourth-order valence-electron chi connectivity index (χ4n) is 2.97. The quantitative estimate of drug-likeness (QED) is 0.660. The minimum Gasteiger partial charge on any atom is -0.328 e. The predicted molar refractivity (Wildman–Crippen MR) is 58.4 cm³/mol. The van der Waals surface area contributed by atoms with Gasteiger partial charge in [0.25, 0.3) is 5.91 Å². The molecule has 0 saturated carbocycles. The first-order valence-electron chi connectivity index (χ1n) is 6.11. The Morgan fingerprint density at radius 1 is 1.12 bits per heavy atom. The van der Waals surface area contributed by atoms with Crippen LogP contribution >= 0.6 is 0 Å². The zero-order chi connectivity index (χ0) is 11.1. The summed E-state index contributed by atoms with van der Waals surface area (Å²) in [5.74, 6) is 0.133. The summed E-state index contributed by atoms with van der Waals surface area (Å²) in [5, 5.41) is 2.96. The van der Waals surface area contributed by atoms with E-state index >= 15 is 0 Å². The molecule has 1 fully saturated rings. The number of fused-ring (bicyclic) bond motifs is 1. The predicted octanol–water partition coefficient (Wildman–Crippen LogP) is 0.935. The summed E-state index contributed by atoms with van der Waals surface area (Å²) < 4.78 is 0. The molecule has 1 saturated heterocycles. The van der Waals surface area contributed by atoms with Crippen LogP contribution in [0.5, 0.6) is 0 Å². The number of nitrogens with zero attached hydrogens (tertiary/aromatic N) is 1. The average Bonchev–Trinajstić information content (AvgIpc) is 2.74. The molecule has 4 nitrogen and oxygen atoms in total. The van der Waals surface area contributed by atoms with Crippen molar-refractivity contribution >= 4 is 11.8 Å². The topological polar surface area (TPSA) is 49.4 Å². The average molecular weight is 220 g/mol. The zero-order valence-corrected chi connectivity index (χ0v) is 9.29. The van der Waals surface area contributed by atoms with Crippen molar-refractivity contribution in [3.05, 3.63) is 11.3 Å². The van der Waals surface area contributed by atoms with Gasteiger partial charge in [-0.3, -0.25) is 9.59 Å². The van der Waals surface area contributed by atoms with Crippen LogP contribution in [0.3, 0.4) is 0 Å². The Morgan fingerprint density at radius 3 is 2.81 bits per heavy atom. The molecule has 16 heavy (non-hydrogen) atoms. The standard InChI is InChI=1S/C12H16N2O2/c15-11-10-6-3-7-14(10)12(16)8-4-1-2-5-9(8)13-11/h10H,1-7H2,(H,13,15)/t10-/m0/s1. The lowest BCUT2D eigenvalue weighted by molar-refractivity contribution is -0.134. The van der Waals surface area contributed by atoms with Gasteiger partial charge in [-0.1, -0.05) is 0 Å². The van der Waals surface area contributed by atoms with E-state index in [-0.39, 0.29) is 17.9 Å². The van der Waals surface area contributed by atoms with Crippen LogP contribution in [0.2, 0.25) is 0 Å². The lowest BCUT2D eigenvalue weighted by atomic mass is 9.95. The second-order valence-electron chi connectivity index (χ2n) is 4.81. The fourth-order valence-corrected chi connectivity index (χ4v) is 2.97. The molecule has 0 spiro atoms. The van der Waals surface area contributed by atoms with E-state index in [1.54, 1.807) is 4.90 Å². The van der Waals surface area contributed by atoms with Gasteiger partial charge in [-0.05, 0) is 38.5 Å². The maximum atomic E-state index is 12.3. The van der Waals surface area contributed by atoms with Gasteiger partial charge in [0.2, 0.25) is 5.91 Å². The SMILES string of the molecule is O=C1NC2=C(CCCC2)C(=O)N2CCC[C@@H]12. The van der Waals surface area contributed by atoms with Crippen LogP contribution in [0, 0.1) is 0 Å². The van der Waals surface area contributed by atoms with Crippen LogP contribution in [-0.4, -0.2) is 29.3 Å². The van der Waals surface area contributed by atoms with Gasteiger partial charge in [0.05, 0.1) is 0 Å². The highest BCUT2D eigenvalue weighted by Gasteiger charge is 2.39. The van der Waals surface area contributed by atoms with Crippen molar-refractivity contribution in [1.29, 1.82) is 0 Å². The summed E-state index contributed by atoms with van der Waals surface area (Å²) in [7, 11) is 0. The lowest BCUT2D eigenvalue weighted by Crippen LogP contribution is -2.42. The normalized spacial score (nSPS) is 29.8. The zero-order valence-electron chi connectivity index (χ0n) is 9.29. The third-order valence-electron chi connectivity index (χ3n) is 3.82. The van der Waals surface area contributed by atoms with E-state index in [0.29, 0.717) is 0 Å². The van der Waals surface area contributed by atoms with Crippen molar-refractivity contribution in [2.24, 2.45) is 0 Å². The van der Waals surface area contributed by atoms with Gasteiger partial charge < -0.3 is 10.2 Å². The number of hydrogen-bond acceptors (Lipinski definition) is 2. The van der Waals surface area contributed by atoms with E-state index in [4.69, 9.17) is 0 Å². The Labute approximate surface area is 94.7 Å². The molecule has 3 aliphatic rings. The van der Waals surface area contributed by atoms with E-state index in [9.17, 15) is 9.59 Å². The van der Waals surface area contributed by atoms with Crippen LogP contribution in [0.1, 0.15) is 38.5 Å². The summed E-state index contributed by atoms with van der Waals surface area (Å²) in [6.45, 7) is 0.744. The van der Waals surface area contributed by atoms with Crippen molar-refractivity contribution < 1.29 is 9.59 Å². The fraction of sp³-hybridized carbons (Fsp3) is 0.667. The van der Waals surface area contributed by atoms with Gasteiger partial charge in [-0.15, -0.1) is 0 Å². The highest BCUT2D eigenvalue weighted by atomic mass is 16.2. The smallest absolute Gasteiger partial charge is 0.252 e. The maximum Gasteiger partial charge on any atom is 0.252 e. The summed E-state index contributed by atoms with van der Waals surface area (Å²) in [6, 6.07) is -0.210. The molecular formula is C12H16N2O2. The van der Waals surface area contributed by atoms with Gasteiger partial charge in [0.15, 0.2) is 0 Å². The van der Waals surface area contributed by atoms with Crippen molar-refractivity contribution in [3.63, 3.8) is 0 Å². The van der Waals surface area contributed by atoms with Crippen LogP contribution in [-0.2, 0) is 9.59 Å². The minimum absolute atomic E-state index is 0.0257. The minimum atomic E-state index is -0.210. The molecule has 86 valence electrons. The van der Waals surface area contributed by atoms with Crippen LogP contribution in [0.15, 0.2) is 11.3 Å². The second-order valence-corrected chi connectivity index (χ2v) is 4.81. The molecule has 0 radical (unpaired) electrons. The number of carbonyl (C=O) groups is 2. The molecule has 1 aliphatic carbocycles. The largest absolute Gasteiger partial charge is 0.328 e. The lowest BCUT2D eigenvalue weighted by Gasteiger charge is -2.22. The molecule has 0 aromatic heterocycles. The van der Waals surface area contributed by atoms with Crippen molar-refractivity contribution in [2.45, 2.75) is 44.6 Å². The van der Waals surface area contributed by atoms with E-state index < -0.39 is 0 Å². The molecule has 0 unspecified atom stereocenters. The molecule has 4 heteroatoms. The summed E-state index contributed by atoms with van der Waals surface area (Å²) >= 11 is 0. The molecule has 1 N–H and O–H groups in total. The molecule has 1 atom stereocenters. The summed E-state index contributed by atoms with van der Waals surface area (Å²) in [6.07, 6.45) is 5.60. The number of nitrogens with one attached hydrogen (secondary N) is 1. The van der Waals surface area contributed by atoms with Crippen molar-refractivity contribution in [3.8, 4) is 0 Å². The summed E-state index contributed by atoms with van der Waals surface area (Å²) in [4.78, 5) is 26.0. The molecule has 0 bridgehead atoms. The van der Waals surface area contributed by atoms with Gasteiger partial charge >= 0.3 is 0 Å². The highest BCUT2D eigenvalue weighted by Crippen LogP contribution is 2.30. The molecule has 2 heterocycles. The van der Waals surface area contributed by atoms with E-state index in [1.165, 1.54) is 0 Å². The monoisotopic (exact) mass is 220 g/mol. The Kier molecular flexibility index (Phi) is 2.23. The first kappa shape index (κ1) is 9.87. The third-order valence-corrected chi connectivity index (χ3v) is 3.82. The molecule has 3 rings (SSSR count). The Morgan fingerprint density at radius 2 is 1.94 bits per heavy atom. The number of allylic oxidation sites excluding steroid dienone is 1. The first-order valence-corrected chi connectivity index (χ1v) is 6.11. The molecule has 0 aromatic rings. The van der Waals surface area contributed by atoms with Gasteiger partial charge in [0, 0.05) is 17.8 Å². The van der Waals surface area contributed by atoms with Crippen LogP contribution in [0.25, 0.3) is 0 Å². The Bertz CT molecular complexity index is 386. The highest BCUT2D eigenvalue weighted by molar-refractivity contribution is 6.01.